The van der Waals surface area contributed by atoms with Gasteiger partial charge in [0.1, 0.15) is 17.4 Å². The maximum Gasteiger partial charge on any atom is 0.271 e. The van der Waals surface area contributed by atoms with Crippen molar-refractivity contribution < 1.29 is 14.6 Å². The number of aromatic hydroxyl groups is 1. The topological polar surface area (TPSA) is 92.3 Å². The number of nitrogens with zero attached hydrogens (tertiary/aromatic N) is 2. The Balaban J connectivity index is 2.44. The zero-order chi connectivity index (χ0) is 19.4. The van der Waals surface area contributed by atoms with Crippen molar-refractivity contribution in [3.8, 4) is 17.7 Å². The minimum absolute atomic E-state index is 0.0161. The molecule has 0 spiro atoms. The van der Waals surface area contributed by atoms with Gasteiger partial charge in [-0.05, 0) is 43.5 Å². The first-order valence-electron chi connectivity index (χ1n) is 8.03. The number of nitriles is 1. The molecule has 0 aliphatic heterocycles. The highest BCUT2D eigenvalue weighted by atomic mass is 16.5. The van der Waals surface area contributed by atoms with Crippen LogP contribution in [0.3, 0.4) is 0 Å². The van der Waals surface area contributed by atoms with Gasteiger partial charge in [-0.2, -0.15) is 5.26 Å². The van der Waals surface area contributed by atoms with E-state index in [1.165, 1.54) is 13.0 Å². The number of rotatable bonds is 6. The molecule has 0 aliphatic carbocycles. The zero-order valence-corrected chi connectivity index (χ0v) is 15.0. The predicted octanol–water partition coefficient (Wildman–Crippen LogP) is 2.80. The van der Waals surface area contributed by atoms with Crippen LogP contribution in [0.25, 0.3) is 0 Å². The largest absolute Gasteiger partial charge is 0.494 e. The van der Waals surface area contributed by atoms with E-state index >= 15 is 0 Å². The number of pyridine rings is 1. The summed E-state index contributed by atoms with van der Waals surface area (Å²) in [5.41, 5.74) is 1.16. The molecule has 0 bridgehead atoms. The zero-order valence-electron chi connectivity index (χ0n) is 15.0. The van der Waals surface area contributed by atoms with Crippen molar-refractivity contribution in [3.05, 3.63) is 69.0 Å². The molecule has 26 heavy (non-hydrogen) atoms. The van der Waals surface area contributed by atoms with E-state index in [4.69, 9.17) is 4.74 Å². The molecule has 6 heteroatoms. The highest BCUT2D eigenvalue weighted by Crippen LogP contribution is 2.24. The lowest BCUT2D eigenvalue weighted by molar-refractivity contribution is 0.0916. The Hall–Kier alpha value is -3.33. The van der Waals surface area contributed by atoms with Crippen LogP contribution in [0.4, 0.5) is 0 Å². The summed E-state index contributed by atoms with van der Waals surface area (Å²) < 4.78 is 6.54. The Morgan fingerprint density at radius 2 is 2.04 bits per heavy atom. The molecule has 0 radical (unpaired) electrons. The Bertz CT molecular complexity index is 981. The Morgan fingerprint density at radius 3 is 2.65 bits per heavy atom. The number of aromatic nitrogens is 1. The average molecular weight is 352 g/mol. The Labute approximate surface area is 151 Å². The summed E-state index contributed by atoms with van der Waals surface area (Å²) in [6.07, 6.45) is 1.40. The molecule has 0 aliphatic rings. The average Bonchev–Trinajstić information content (AvgIpc) is 2.60. The highest BCUT2D eigenvalue weighted by molar-refractivity contribution is 6.01. The monoisotopic (exact) mass is 352 g/mol. The molecule has 134 valence electrons. The molecule has 1 N–H and O–H groups in total. The molecule has 1 heterocycles. The van der Waals surface area contributed by atoms with Gasteiger partial charge in [0, 0.05) is 6.54 Å². The van der Waals surface area contributed by atoms with Crippen molar-refractivity contribution in [2.45, 2.75) is 27.3 Å². The fourth-order valence-corrected chi connectivity index (χ4v) is 2.68. The quantitative estimate of drug-likeness (QED) is 0.637. The molecule has 0 unspecified atom stereocenters. The maximum atomic E-state index is 12.7. The Morgan fingerprint density at radius 1 is 1.35 bits per heavy atom. The van der Waals surface area contributed by atoms with Crippen LogP contribution >= 0.6 is 0 Å². The lowest BCUT2D eigenvalue weighted by atomic mass is 10.0. The summed E-state index contributed by atoms with van der Waals surface area (Å²) in [6.45, 7) is 8.46. The van der Waals surface area contributed by atoms with Gasteiger partial charge >= 0.3 is 0 Å². The van der Waals surface area contributed by atoms with Crippen LogP contribution in [0.1, 0.15) is 32.6 Å². The van der Waals surface area contributed by atoms with E-state index in [-0.39, 0.29) is 29.8 Å². The van der Waals surface area contributed by atoms with Crippen molar-refractivity contribution in [1.29, 1.82) is 5.26 Å². The number of hydrogen-bond donors (Lipinski definition) is 1. The summed E-state index contributed by atoms with van der Waals surface area (Å²) >= 11 is 0. The number of Topliss-reactive ketones (excluding diaryl/α,β-unsaturated/α-hetero) is 1. The third kappa shape index (κ3) is 3.38. The van der Waals surface area contributed by atoms with Crippen LogP contribution in [0, 0.1) is 32.1 Å². The molecular formula is C20H20N2O4. The standard InChI is InChI=1S/C20H20N2O4/c1-5-9-22-19(24)15(10-21)14(4)18(20(22)25)16(23)11-26-17-8-6-7-12(2)13(17)3/h5-8,25H,1,9,11H2,2-4H3. The number of ether oxygens (including phenoxy) is 1. The van der Waals surface area contributed by atoms with Gasteiger partial charge in [0.2, 0.25) is 11.7 Å². The smallest absolute Gasteiger partial charge is 0.271 e. The maximum absolute atomic E-state index is 12.7. The van der Waals surface area contributed by atoms with Gasteiger partial charge in [0.25, 0.3) is 5.56 Å². The van der Waals surface area contributed by atoms with Crippen LogP contribution in [0.2, 0.25) is 0 Å². The molecule has 0 saturated heterocycles. The van der Waals surface area contributed by atoms with Crippen molar-refractivity contribution in [3.63, 3.8) is 0 Å². The van der Waals surface area contributed by atoms with Gasteiger partial charge in [-0.1, -0.05) is 18.2 Å². The summed E-state index contributed by atoms with van der Waals surface area (Å²) in [4.78, 5) is 24.9. The summed E-state index contributed by atoms with van der Waals surface area (Å²) in [5.74, 6) is -0.438. The second kappa shape index (κ2) is 7.70. The third-order valence-corrected chi connectivity index (χ3v) is 4.30. The molecule has 0 fully saturated rings. The second-order valence-electron chi connectivity index (χ2n) is 5.92. The lowest BCUT2D eigenvalue weighted by Crippen LogP contribution is -2.27. The third-order valence-electron chi connectivity index (χ3n) is 4.30. The van der Waals surface area contributed by atoms with E-state index in [1.807, 2.05) is 26.0 Å². The van der Waals surface area contributed by atoms with Gasteiger partial charge in [-0.3, -0.25) is 14.2 Å². The van der Waals surface area contributed by atoms with Gasteiger partial charge in [0.15, 0.2) is 6.61 Å². The van der Waals surface area contributed by atoms with Gasteiger partial charge in [-0.15, -0.1) is 6.58 Å². The first kappa shape index (κ1) is 19.0. The van der Waals surface area contributed by atoms with E-state index in [0.29, 0.717) is 5.75 Å². The summed E-state index contributed by atoms with van der Waals surface area (Å²) in [5, 5.41) is 19.6. The number of allylic oxidation sites excluding steroid dienone is 1. The number of carbonyl (C=O) groups is 1. The molecule has 2 aromatic rings. The summed E-state index contributed by atoms with van der Waals surface area (Å²) in [6, 6.07) is 7.31. The number of benzene rings is 1. The van der Waals surface area contributed by atoms with Crippen LogP contribution in [0.15, 0.2) is 35.6 Å². The van der Waals surface area contributed by atoms with Crippen molar-refractivity contribution >= 4 is 5.78 Å². The number of ketones is 1. The predicted molar refractivity (Wildman–Crippen MR) is 97.8 cm³/mol. The molecule has 0 atom stereocenters. The summed E-state index contributed by atoms with van der Waals surface area (Å²) in [7, 11) is 0. The van der Waals surface area contributed by atoms with E-state index in [9.17, 15) is 20.0 Å². The normalized spacial score (nSPS) is 10.2. The molecule has 2 rings (SSSR count). The van der Waals surface area contributed by atoms with Crippen molar-refractivity contribution in [2.75, 3.05) is 6.61 Å². The van der Waals surface area contributed by atoms with Crippen molar-refractivity contribution in [2.24, 2.45) is 0 Å². The molecule has 0 saturated carbocycles. The van der Waals surface area contributed by atoms with E-state index in [1.54, 1.807) is 12.1 Å². The molecule has 1 aromatic carbocycles. The number of aryl methyl sites for hydroxylation is 1. The van der Waals surface area contributed by atoms with Crippen LogP contribution in [-0.2, 0) is 6.54 Å². The first-order valence-corrected chi connectivity index (χ1v) is 8.03. The molecular weight excluding hydrogens is 332 g/mol. The minimum Gasteiger partial charge on any atom is -0.494 e. The van der Waals surface area contributed by atoms with Crippen LogP contribution < -0.4 is 10.3 Å². The molecule has 0 amide bonds. The van der Waals surface area contributed by atoms with Crippen LogP contribution in [-0.4, -0.2) is 22.1 Å². The second-order valence-corrected chi connectivity index (χ2v) is 5.92. The van der Waals surface area contributed by atoms with E-state index in [0.717, 1.165) is 15.7 Å². The minimum atomic E-state index is -0.658. The number of hydrogen-bond acceptors (Lipinski definition) is 5. The van der Waals surface area contributed by atoms with Gasteiger partial charge < -0.3 is 9.84 Å². The highest BCUT2D eigenvalue weighted by Gasteiger charge is 2.24. The SMILES string of the molecule is C=CCn1c(O)c(C(=O)COc2cccc(C)c2C)c(C)c(C#N)c1=O. The van der Waals surface area contributed by atoms with Crippen molar-refractivity contribution in [1.82, 2.24) is 4.57 Å². The lowest BCUT2D eigenvalue weighted by Gasteiger charge is -2.15. The fourth-order valence-electron chi connectivity index (χ4n) is 2.68. The molecule has 1 aromatic heterocycles. The fraction of sp³-hybridized carbons (Fsp3) is 0.250. The molecule has 6 nitrogen and oxygen atoms in total. The van der Waals surface area contributed by atoms with Gasteiger partial charge in [-0.25, -0.2) is 0 Å². The van der Waals surface area contributed by atoms with Gasteiger partial charge in [0.05, 0.1) is 5.56 Å². The number of carbonyl (C=O) groups excluding carboxylic acids is 1. The van der Waals surface area contributed by atoms with Crippen LogP contribution in [0.5, 0.6) is 11.6 Å². The van der Waals surface area contributed by atoms with E-state index in [2.05, 4.69) is 6.58 Å². The van der Waals surface area contributed by atoms with E-state index < -0.39 is 17.2 Å². The first-order chi connectivity index (χ1) is 12.3. The Kier molecular flexibility index (Phi) is 5.63.